The number of rotatable bonds is 6. The van der Waals surface area contributed by atoms with Crippen LogP contribution < -0.4 is 10.2 Å². The van der Waals surface area contributed by atoms with Crippen LogP contribution in [0.3, 0.4) is 0 Å². The van der Waals surface area contributed by atoms with Crippen LogP contribution in [0, 0.1) is 16.0 Å². The number of carbonyl (C=O) groups is 1. The largest absolute Gasteiger partial charge is 0.383 e. The summed E-state index contributed by atoms with van der Waals surface area (Å²) in [5.41, 5.74) is 0.744. The van der Waals surface area contributed by atoms with Crippen LogP contribution >= 0.6 is 0 Å². The summed E-state index contributed by atoms with van der Waals surface area (Å²) in [5, 5.41) is 14.1. The number of piperidine rings is 1. The van der Waals surface area contributed by atoms with Gasteiger partial charge in [-0.1, -0.05) is 12.1 Å². The molecule has 0 aliphatic carbocycles. The first-order valence-electron chi connectivity index (χ1n) is 7.80. The number of ether oxygens (including phenoxy) is 1. The fraction of sp³-hybridized carbons (Fsp3) is 0.562. The van der Waals surface area contributed by atoms with Crippen molar-refractivity contribution in [1.29, 1.82) is 0 Å². The Balaban J connectivity index is 1.94. The smallest absolute Gasteiger partial charge is 0.292 e. The van der Waals surface area contributed by atoms with E-state index in [-0.39, 0.29) is 28.5 Å². The van der Waals surface area contributed by atoms with Crippen molar-refractivity contribution in [2.45, 2.75) is 25.8 Å². The van der Waals surface area contributed by atoms with E-state index >= 15 is 0 Å². The number of carbonyl (C=O) groups excluding carboxylic acids is 1. The zero-order valence-corrected chi connectivity index (χ0v) is 13.5. The van der Waals surface area contributed by atoms with E-state index in [4.69, 9.17) is 4.74 Å². The molecule has 1 aromatic rings. The van der Waals surface area contributed by atoms with E-state index in [1.165, 1.54) is 6.07 Å². The maximum atomic E-state index is 12.2. The van der Waals surface area contributed by atoms with E-state index in [1.54, 1.807) is 25.3 Å². The summed E-state index contributed by atoms with van der Waals surface area (Å²) in [6.45, 7) is 3.67. The van der Waals surface area contributed by atoms with Gasteiger partial charge in [0.05, 0.1) is 11.5 Å². The number of nitro groups is 1. The van der Waals surface area contributed by atoms with Gasteiger partial charge in [0, 0.05) is 38.2 Å². The van der Waals surface area contributed by atoms with Crippen LogP contribution in [0.25, 0.3) is 0 Å². The SMILES string of the molecule is COC[C@H](C)NC(=O)C1CCN(c2ccccc2[N+](=O)[O-])CC1. The second kappa shape index (κ2) is 7.92. The van der Waals surface area contributed by atoms with E-state index in [1.807, 2.05) is 11.8 Å². The Hall–Kier alpha value is -2.15. The Kier molecular flexibility index (Phi) is 5.92. The number of anilines is 1. The van der Waals surface area contributed by atoms with Crippen molar-refractivity contribution < 1.29 is 14.5 Å². The van der Waals surface area contributed by atoms with Gasteiger partial charge < -0.3 is 15.0 Å². The van der Waals surface area contributed by atoms with Crippen molar-refractivity contribution in [2.75, 3.05) is 31.7 Å². The van der Waals surface area contributed by atoms with Crippen LogP contribution in [0.1, 0.15) is 19.8 Å². The molecular formula is C16H23N3O4. The van der Waals surface area contributed by atoms with Crippen molar-refractivity contribution in [2.24, 2.45) is 5.92 Å². The lowest BCUT2D eigenvalue weighted by Gasteiger charge is -2.33. The first-order valence-corrected chi connectivity index (χ1v) is 7.80. The van der Waals surface area contributed by atoms with Gasteiger partial charge in [0.25, 0.3) is 5.69 Å². The van der Waals surface area contributed by atoms with Crippen molar-refractivity contribution in [3.8, 4) is 0 Å². The molecule has 1 heterocycles. The molecule has 0 bridgehead atoms. The van der Waals surface area contributed by atoms with Gasteiger partial charge in [-0.3, -0.25) is 14.9 Å². The average Bonchev–Trinajstić information content (AvgIpc) is 2.55. The molecule has 7 nitrogen and oxygen atoms in total. The van der Waals surface area contributed by atoms with E-state index in [2.05, 4.69) is 5.32 Å². The summed E-state index contributed by atoms with van der Waals surface area (Å²) in [5.74, 6) is -0.00918. The van der Waals surface area contributed by atoms with Gasteiger partial charge in [0.1, 0.15) is 5.69 Å². The number of benzene rings is 1. The van der Waals surface area contributed by atoms with Gasteiger partial charge in [-0.15, -0.1) is 0 Å². The Morgan fingerprint density at radius 2 is 2.09 bits per heavy atom. The van der Waals surface area contributed by atoms with Crippen LogP contribution in [0.15, 0.2) is 24.3 Å². The minimum atomic E-state index is -0.361. The second-order valence-corrected chi connectivity index (χ2v) is 5.87. The van der Waals surface area contributed by atoms with Crippen molar-refractivity contribution >= 4 is 17.3 Å². The summed E-state index contributed by atoms with van der Waals surface area (Å²) >= 11 is 0. The summed E-state index contributed by atoms with van der Waals surface area (Å²) in [6.07, 6.45) is 1.38. The Morgan fingerprint density at radius 1 is 1.43 bits per heavy atom. The first-order chi connectivity index (χ1) is 11.0. The molecular weight excluding hydrogens is 298 g/mol. The van der Waals surface area contributed by atoms with Crippen LogP contribution in [-0.4, -0.2) is 43.7 Å². The van der Waals surface area contributed by atoms with Gasteiger partial charge in [0.2, 0.25) is 5.91 Å². The van der Waals surface area contributed by atoms with Crippen LogP contribution in [0.2, 0.25) is 0 Å². The molecule has 1 atom stereocenters. The molecule has 0 spiro atoms. The normalized spacial score (nSPS) is 16.9. The van der Waals surface area contributed by atoms with Gasteiger partial charge >= 0.3 is 0 Å². The maximum Gasteiger partial charge on any atom is 0.292 e. The zero-order valence-electron chi connectivity index (χ0n) is 13.5. The molecule has 1 amide bonds. The Bertz CT molecular complexity index is 556. The van der Waals surface area contributed by atoms with Crippen molar-refractivity contribution in [3.63, 3.8) is 0 Å². The highest BCUT2D eigenvalue weighted by atomic mass is 16.6. The lowest BCUT2D eigenvalue weighted by Crippen LogP contribution is -2.44. The molecule has 1 aliphatic heterocycles. The molecule has 1 fully saturated rings. The molecule has 126 valence electrons. The van der Waals surface area contributed by atoms with Gasteiger partial charge in [0.15, 0.2) is 0 Å². The molecule has 1 aliphatic rings. The Labute approximate surface area is 135 Å². The summed E-state index contributed by atoms with van der Waals surface area (Å²) < 4.78 is 5.02. The predicted octanol–water partition coefficient (Wildman–Crippen LogP) is 1.96. The molecule has 0 saturated carbocycles. The number of nitrogens with one attached hydrogen (secondary N) is 1. The molecule has 0 aromatic heterocycles. The maximum absolute atomic E-state index is 12.2. The van der Waals surface area contributed by atoms with Gasteiger partial charge in [-0.05, 0) is 25.8 Å². The van der Waals surface area contributed by atoms with Crippen molar-refractivity contribution in [3.05, 3.63) is 34.4 Å². The number of hydrogen-bond acceptors (Lipinski definition) is 5. The van der Waals surface area contributed by atoms with Crippen molar-refractivity contribution in [1.82, 2.24) is 5.32 Å². The molecule has 23 heavy (non-hydrogen) atoms. The third-order valence-corrected chi connectivity index (χ3v) is 4.09. The summed E-state index contributed by atoms with van der Waals surface area (Å²) in [7, 11) is 1.61. The van der Waals surface area contributed by atoms with Crippen LogP contribution in [-0.2, 0) is 9.53 Å². The highest BCUT2D eigenvalue weighted by Gasteiger charge is 2.28. The molecule has 1 saturated heterocycles. The first kappa shape index (κ1) is 17.2. The predicted molar refractivity (Wildman–Crippen MR) is 87.5 cm³/mol. The molecule has 2 rings (SSSR count). The third-order valence-electron chi connectivity index (χ3n) is 4.09. The van der Waals surface area contributed by atoms with Gasteiger partial charge in [-0.25, -0.2) is 0 Å². The number of hydrogen-bond donors (Lipinski definition) is 1. The quantitative estimate of drug-likeness (QED) is 0.639. The minimum Gasteiger partial charge on any atom is -0.383 e. The lowest BCUT2D eigenvalue weighted by atomic mass is 9.95. The second-order valence-electron chi connectivity index (χ2n) is 5.87. The fourth-order valence-electron chi connectivity index (χ4n) is 2.92. The number of amides is 1. The Morgan fingerprint density at radius 3 is 2.70 bits per heavy atom. The zero-order chi connectivity index (χ0) is 16.8. The molecule has 1 N–H and O–H groups in total. The highest BCUT2D eigenvalue weighted by molar-refractivity contribution is 5.79. The third kappa shape index (κ3) is 4.41. The van der Waals surface area contributed by atoms with Gasteiger partial charge in [-0.2, -0.15) is 0 Å². The molecule has 0 radical (unpaired) electrons. The van der Waals surface area contributed by atoms with E-state index in [0.29, 0.717) is 38.2 Å². The number of methoxy groups -OCH3 is 1. The number of nitrogens with zero attached hydrogens (tertiary/aromatic N) is 2. The van der Waals surface area contributed by atoms with E-state index < -0.39 is 0 Å². The lowest BCUT2D eigenvalue weighted by molar-refractivity contribution is -0.384. The summed E-state index contributed by atoms with van der Waals surface area (Å²) in [4.78, 5) is 25.0. The minimum absolute atomic E-state index is 0.0132. The van der Waals surface area contributed by atoms with E-state index in [0.717, 1.165) is 0 Å². The number of nitro benzene ring substituents is 1. The molecule has 0 unspecified atom stereocenters. The topological polar surface area (TPSA) is 84.7 Å². The summed E-state index contributed by atoms with van der Waals surface area (Å²) in [6, 6.07) is 6.73. The van der Waals surface area contributed by atoms with E-state index in [9.17, 15) is 14.9 Å². The molecule has 1 aromatic carbocycles. The highest BCUT2D eigenvalue weighted by Crippen LogP contribution is 2.31. The van der Waals surface area contributed by atoms with Crippen LogP contribution in [0.5, 0.6) is 0 Å². The number of para-hydroxylation sites is 2. The molecule has 7 heteroatoms. The fourth-order valence-corrected chi connectivity index (χ4v) is 2.92. The standard InChI is InChI=1S/C16H23N3O4/c1-12(11-23-2)17-16(20)13-7-9-18(10-8-13)14-5-3-4-6-15(14)19(21)22/h3-6,12-13H,7-11H2,1-2H3,(H,17,20)/t12-/m0/s1. The monoisotopic (exact) mass is 321 g/mol. The van der Waals surface area contributed by atoms with Crippen LogP contribution in [0.4, 0.5) is 11.4 Å². The average molecular weight is 321 g/mol.